The lowest BCUT2D eigenvalue weighted by atomic mass is 10.0. The van der Waals surface area contributed by atoms with Gasteiger partial charge in [0.05, 0.1) is 12.6 Å². The van der Waals surface area contributed by atoms with E-state index in [1.54, 1.807) is 0 Å². The van der Waals surface area contributed by atoms with E-state index in [0.29, 0.717) is 6.04 Å². The zero-order chi connectivity index (χ0) is 14.7. The van der Waals surface area contributed by atoms with Gasteiger partial charge in [0.1, 0.15) is 5.82 Å². The minimum absolute atomic E-state index is 0.140. The van der Waals surface area contributed by atoms with Crippen LogP contribution in [0, 0.1) is 0 Å². The average molecular weight is 291 g/mol. The van der Waals surface area contributed by atoms with Crippen LogP contribution in [0.3, 0.4) is 0 Å². The summed E-state index contributed by atoms with van der Waals surface area (Å²) >= 11 is 0. The molecule has 116 valence electrons. The highest BCUT2D eigenvalue weighted by atomic mass is 16.5. The Balaban J connectivity index is 1.85. The van der Waals surface area contributed by atoms with E-state index >= 15 is 0 Å². The Morgan fingerprint density at radius 1 is 1.33 bits per heavy atom. The largest absolute Gasteiger partial charge is 0.394 e. The normalized spacial score (nSPS) is 25.2. The first-order valence-corrected chi connectivity index (χ1v) is 7.89. The van der Waals surface area contributed by atoms with Gasteiger partial charge in [-0.1, -0.05) is 6.07 Å². The van der Waals surface area contributed by atoms with Crippen LogP contribution in [0.5, 0.6) is 0 Å². The molecule has 1 aromatic rings. The number of rotatable bonds is 2. The van der Waals surface area contributed by atoms with E-state index < -0.39 is 0 Å². The minimum atomic E-state index is 0.140. The molecule has 1 N–H and O–H groups in total. The van der Waals surface area contributed by atoms with Crippen molar-refractivity contribution in [3.8, 4) is 0 Å². The van der Waals surface area contributed by atoms with Gasteiger partial charge in [0.25, 0.3) is 0 Å². The summed E-state index contributed by atoms with van der Waals surface area (Å²) in [7, 11) is 2.04. The van der Waals surface area contributed by atoms with E-state index in [-0.39, 0.29) is 12.6 Å². The molecule has 2 aliphatic heterocycles. The third-order valence-electron chi connectivity index (χ3n) is 4.79. The SMILES string of the molecule is CN1c2ncccc2CN(C2CCOCC2)CCC1CO. The lowest BCUT2D eigenvalue weighted by molar-refractivity contribution is 0.0285. The number of aliphatic hydroxyl groups is 1. The predicted molar refractivity (Wildman–Crippen MR) is 82.4 cm³/mol. The quantitative estimate of drug-likeness (QED) is 0.889. The molecule has 1 aromatic heterocycles. The molecular weight excluding hydrogens is 266 g/mol. The van der Waals surface area contributed by atoms with Crippen LogP contribution in [0.4, 0.5) is 5.82 Å². The van der Waals surface area contributed by atoms with Crippen LogP contribution < -0.4 is 4.90 Å². The molecule has 0 bridgehead atoms. The lowest BCUT2D eigenvalue weighted by Crippen LogP contribution is -2.46. The second-order valence-electron chi connectivity index (χ2n) is 6.04. The first-order valence-electron chi connectivity index (χ1n) is 7.89. The van der Waals surface area contributed by atoms with E-state index in [4.69, 9.17) is 4.74 Å². The number of likely N-dealkylation sites (N-methyl/N-ethyl adjacent to an activating group) is 1. The molecule has 1 saturated heterocycles. The van der Waals surface area contributed by atoms with Gasteiger partial charge in [-0.15, -0.1) is 0 Å². The molecule has 0 spiro atoms. The molecule has 3 rings (SSSR count). The van der Waals surface area contributed by atoms with Gasteiger partial charge in [-0.25, -0.2) is 4.98 Å². The molecule has 0 saturated carbocycles. The smallest absolute Gasteiger partial charge is 0.133 e. The van der Waals surface area contributed by atoms with Crippen molar-refractivity contribution in [3.05, 3.63) is 23.9 Å². The monoisotopic (exact) mass is 291 g/mol. The molecule has 21 heavy (non-hydrogen) atoms. The summed E-state index contributed by atoms with van der Waals surface area (Å²) in [4.78, 5) is 9.23. The number of fused-ring (bicyclic) bond motifs is 1. The number of hydrogen-bond donors (Lipinski definition) is 1. The number of pyridine rings is 1. The standard InChI is InChI=1S/C16H25N3O2/c1-18-15(12-20)4-8-19(14-5-9-21-10-6-14)11-13-3-2-7-17-16(13)18/h2-3,7,14-15,20H,4-6,8-12H2,1H3. The molecule has 5 nitrogen and oxygen atoms in total. The van der Waals surface area contributed by atoms with Crippen molar-refractivity contribution in [2.45, 2.75) is 37.9 Å². The van der Waals surface area contributed by atoms with E-state index in [1.807, 2.05) is 19.3 Å². The van der Waals surface area contributed by atoms with E-state index in [0.717, 1.165) is 51.4 Å². The van der Waals surface area contributed by atoms with Crippen molar-refractivity contribution < 1.29 is 9.84 Å². The molecule has 0 amide bonds. The molecular formula is C16H25N3O2. The summed E-state index contributed by atoms with van der Waals surface area (Å²) in [5.74, 6) is 1.01. The van der Waals surface area contributed by atoms with Crippen molar-refractivity contribution >= 4 is 5.82 Å². The second-order valence-corrected chi connectivity index (χ2v) is 6.04. The van der Waals surface area contributed by atoms with Crippen LogP contribution in [-0.2, 0) is 11.3 Å². The van der Waals surface area contributed by atoms with Crippen LogP contribution in [0.15, 0.2) is 18.3 Å². The van der Waals surface area contributed by atoms with Crippen molar-refractivity contribution in [2.24, 2.45) is 0 Å². The van der Waals surface area contributed by atoms with Crippen LogP contribution in [0.1, 0.15) is 24.8 Å². The highest BCUT2D eigenvalue weighted by Gasteiger charge is 2.28. The number of anilines is 1. The van der Waals surface area contributed by atoms with Gasteiger partial charge < -0.3 is 14.7 Å². The van der Waals surface area contributed by atoms with Gasteiger partial charge >= 0.3 is 0 Å². The Kier molecular flexibility index (Phi) is 4.73. The van der Waals surface area contributed by atoms with Gasteiger partial charge in [-0.2, -0.15) is 0 Å². The Hall–Kier alpha value is -1.17. The summed E-state index contributed by atoms with van der Waals surface area (Å²) in [6.45, 7) is 3.87. The van der Waals surface area contributed by atoms with Gasteiger partial charge in [-0.05, 0) is 25.3 Å². The first-order chi connectivity index (χ1) is 10.3. The fraction of sp³-hybridized carbons (Fsp3) is 0.688. The van der Waals surface area contributed by atoms with Crippen LogP contribution in [-0.4, -0.2) is 60.5 Å². The summed E-state index contributed by atoms with van der Waals surface area (Å²) in [6.07, 6.45) is 5.02. The molecule has 2 aliphatic rings. The third-order valence-corrected chi connectivity index (χ3v) is 4.79. The maximum Gasteiger partial charge on any atom is 0.133 e. The molecule has 1 unspecified atom stereocenters. The molecule has 5 heteroatoms. The predicted octanol–water partition coefficient (Wildman–Crippen LogP) is 1.26. The number of ether oxygens (including phenoxy) is 1. The van der Waals surface area contributed by atoms with Crippen molar-refractivity contribution in [1.29, 1.82) is 0 Å². The van der Waals surface area contributed by atoms with E-state index in [9.17, 15) is 5.11 Å². The fourth-order valence-corrected chi connectivity index (χ4v) is 3.43. The van der Waals surface area contributed by atoms with Crippen LogP contribution >= 0.6 is 0 Å². The molecule has 1 atom stereocenters. The van der Waals surface area contributed by atoms with E-state index in [1.165, 1.54) is 5.56 Å². The van der Waals surface area contributed by atoms with Crippen molar-refractivity contribution in [1.82, 2.24) is 9.88 Å². The zero-order valence-corrected chi connectivity index (χ0v) is 12.7. The summed E-state index contributed by atoms with van der Waals surface area (Å²) in [6, 6.07) is 4.89. The second kappa shape index (κ2) is 6.73. The first kappa shape index (κ1) is 14.8. The van der Waals surface area contributed by atoms with Crippen LogP contribution in [0.2, 0.25) is 0 Å². The lowest BCUT2D eigenvalue weighted by Gasteiger charge is -2.39. The zero-order valence-electron chi connectivity index (χ0n) is 12.7. The highest BCUT2D eigenvalue weighted by molar-refractivity contribution is 5.47. The van der Waals surface area contributed by atoms with Gasteiger partial charge in [0.15, 0.2) is 0 Å². The third kappa shape index (κ3) is 3.20. The molecule has 0 aliphatic carbocycles. The Morgan fingerprint density at radius 3 is 2.90 bits per heavy atom. The maximum absolute atomic E-state index is 9.69. The molecule has 1 fully saturated rings. The van der Waals surface area contributed by atoms with Crippen molar-refractivity contribution in [3.63, 3.8) is 0 Å². The summed E-state index contributed by atoms with van der Waals surface area (Å²) < 4.78 is 5.49. The average Bonchev–Trinajstić information content (AvgIpc) is 2.53. The molecule has 3 heterocycles. The van der Waals surface area contributed by atoms with Gasteiger partial charge in [-0.3, -0.25) is 4.90 Å². The Bertz CT molecular complexity index is 463. The fourth-order valence-electron chi connectivity index (χ4n) is 3.43. The molecule has 0 aromatic carbocycles. The topological polar surface area (TPSA) is 48.8 Å². The Labute approximate surface area is 126 Å². The van der Waals surface area contributed by atoms with Gasteiger partial charge in [0.2, 0.25) is 0 Å². The van der Waals surface area contributed by atoms with E-state index in [2.05, 4.69) is 20.9 Å². The Morgan fingerprint density at radius 2 is 2.14 bits per heavy atom. The van der Waals surface area contributed by atoms with Crippen LogP contribution in [0.25, 0.3) is 0 Å². The summed E-state index contributed by atoms with van der Waals surface area (Å²) in [5, 5.41) is 9.69. The number of aromatic nitrogens is 1. The highest BCUT2D eigenvalue weighted by Crippen LogP contribution is 2.27. The van der Waals surface area contributed by atoms with Gasteiger partial charge in [0, 0.05) is 51.2 Å². The summed E-state index contributed by atoms with van der Waals surface area (Å²) in [5.41, 5.74) is 1.25. The minimum Gasteiger partial charge on any atom is -0.394 e. The van der Waals surface area contributed by atoms with Crippen molar-refractivity contribution in [2.75, 3.05) is 38.3 Å². The number of nitrogens with zero attached hydrogens (tertiary/aromatic N) is 3. The maximum atomic E-state index is 9.69. The molecule has 0 radical (unpaired) electrons. The number of hydrogen-bond acceptors (Lipinski definition) is 5. The number of aliphatic hydroxyl groups excluding tert-OH is 1.